The molecule has 1 amide bonds. The minimum absolute atomic E-state index is 0.0247. The van der Waals surface area contributed by atoms with Crippen LogP contribution in [0.5, 0.6) is 0 Å². The van der Waals surface area contributed by atoms with Crippen molar-refractivity contribution in [3.05, 3.63) is 46.2 Å². The van der Waals surface area contributed by atoms with Gasteiger partial charge in [-0.2, -0.15) is 0 Å². The van der Waals surface area contributed by atoms with Crippen LogP contribution in [-0.4, -0.2) is 58.9 Å². The minimum atomic E-state index is -0.316. The molecule has 3 N–H and O–H groups in total. The van der Waals surface area contributed by atoms with E-state index < -0.39 is 0 Å². The van der Waals surface area contributed by atoms with Crippen molar-refractivity contribution in [2.45, 2.75) is 19.8 Å². The molecule has 0 radical (unpaired) electrons. The Kier molecular flexibility index (Phi) is 5.91. The van der Waals surface area contributed by atoms with Gasteiger partial charge in [-0.05, 0) is 44.0 Å². The number of carbonyl (C=O) groups excluding carboxylic acids is 1. The van der Waals surface area contributed by atoms with Crippen molar-refractivity contribution in [2.24, 2.45) is 5.92 Å². The molecular formula is C20H27N5O2. The second-order valence-electron chi connectivity index (χ2n) is 7.18. The van der Waals surface area contributed by atoms with Crippen molar-refractivity contribution in [3.63, 3.8) is 0 Å². The molecule has 2 aromatic rings. The van der Waals surface area contributed by atoms with Crippen LogP contribution in [0.2, 0.25) is 0 Å². The van der Waals surface area contributed by atoms with Gasteiger partial charge in [0.1, 0.15) is 0 Å². The van der Waals surface area contributed by atoms with E-state index in [1.165, 1.54) is 12.5 Å². The van der Waals surface area contributed by atoms with Crippen LogP contribution in [0.15, 0.2) is 35.1 Å². The van der Waals surface area contributed by atoms with Crippen molar-refractivity contribution >= 4 is 11.9 Å². The number of nitrogens with two attached hydrogens (primary N) is 1. The van der Waals surface area contributed by atoms with E-state index in [0.717, 1.165) is 32.6 Å². The van der Waals surface area contributed by atoms with E-state index in [0.29, 0.717) is 22.7 Å². The third-order valence-electron chi connectivity index (χ3n) is 5.09. The van der Waals surface area contributed by atoms with Gasteiger partial charge in [-0.1, -0.05) is 19.1 Å². The van der Waals surface area contributed by atoms with Crippen LogP contribution in [0.4, 0.5) is 5.95 Å². The summed E-state index contributed by atoms with van der Waals surface area (Å²) in [6.07, 6.45) is 2.34. The standard InChI is InChI=1S/C20H27N5O2/c1-3-25-9-5-6-14(13-25)12-24(2)19(27)16-8-4-7-15(10-16)17-11-18(26)23-20(21)22-17/h4,7-8,10-11,14H,3,5-6,9,12-13H2,1-2H3,(H3,21,22,23,26)/t14-/m1/s1. The van der Waals surface area contributed by atoms with E-state index >= 15 is 0 Å². The number of piperidine rings is 1. The van der Waals surface area contributed by atoms with E-state index in [-0.39, 0.29) is 17.4 Å². The molecule has 0 bridgehead atoms. The molecule has 1 aromatic carbocycles. The molecule has 7 nitrogen and oxygen atoms in total. The number of benzene rings is 1. The predicted molar refractivity (Wildman–Crippen MR) is 107 cm³/mol. The van der Waals surface area contributed by atoms with Crippen LogP contribution in [0, 0.1) is 5.92 Å². The van der Waals surface area contributed by atoms with Crippen molar-refractivity contribution in [1.82, 2.24) is 19.8 Å². The van der Waals surface area contributed by atoms with E-state index in [2.05, 4.69) is 21.8 Å². The first-order chi connectivity index (χ1) is 13.0. The van der Waals surface area contributed by atoms with Crippen LogP contribution in [-0.2, 0) is 0 Å². The maximum absolute atomic E-state index is 12.9. The van der Waals surface area contributed by atoms with E-state index in [1.54, 1.807) is 23.1 Å². The van der Waals surface area contributed by atoms with Crippen molar-refractivity contribution in [3.8, 4) is 11.3 Å². The number of anilines is 1. The summed E-state index contributed by atoms with van der Waals surface area (Å²) in [7, 11) is 1.85. The fourth-order valence-electron chi connectivity index (χ4n) is 3.71. The predicted octanol–water partition coefficient (Wildman–Crippen LogP) is 1.82. The highest BCUT2D eigenvalue weighted by molar-refractivity contribution is 5.95. The monoisotopic (exact) mass is 369 g/mol. The zero-order chi connectivity index (χ0) is 19.4. The number of nitrogens with one attached hydrogen (secondary N) is 1. The molecule has 7 heteroatoms. The molecule has 1 saturated heterocycles. The number of carbonyl (C=O) groups is 1. The maximum Gasteiger partial charge on any atom is 0.253 e. The lowest BCUT2D eigenvalue weighted by atomic mass is 9.97. The Balaban J connectivity index is 1.74. The first kappa shape index (κ1) is 19.1. The highest BCUT2D eigenvalue weighted by atomic mass is 16.2. The lowest BCUT2D eigenvalue weighted by molar-refractivity contribution is 0.0732. The molecule has 1 atom stereocenters. The number of amides is 1. The summed E-state index contributed by atoms with van der Waals surface area (Å²) in [4.78, 5) is 35.3. The fourth-order valence-corrected chi connectivity index (χ4v) is 3.71. The van der Waals surface area contributed by atoms with Crippen LogP contribution in [0.3, 0.4) is 0 Å². The number of aromatic nitrogens is 2. The highest BCUT2D eigenvalue weighted by Gasteiger charge is 2.22. The van der Waals surface area contributed by atoms with Gasteiger partial charge in [0.15, 0.2) is 0 Å². The Morgan fingerprint density at radius 3 is 2.96 bits per heavy atom. The Hall–Kier alpha value is -2.67. The van der Waals surface area contributed by atoms with E-state index in [4.69, 9.17) is 5.73 Å². The smallest absolute Gasteiger partial charge is 0.253 e. The van der Waals surface area contributed by atoms with Crippen LogP contribution in [0.25, 0.3) is 11.3 Å². The third kappa shape index (κ3) is 4.74. The summed E-state index contributed by atoms with van der Waals surface area (Å²) in [6.45, 7) is 6.18. The zero-order valence-corrected chi connectivity index (χ0v) is 15.9. The lowest BCUT2D eigenvalue weighted by Gasteiger charge is -2.34. The minimum Gasteiger partial charge on any atom is -0.369 e. The Bertz CT molecular complexity index is 863. The van der Waals surface area contributed by atoms with Gasteiger partial charge >= 0.3 is 0 Å². The van der Waals surface area contributed by atoms with Gasteiger partial charge in [-0.15, -0.1) is 0 Å². The third-order valence-corrected chi connectivity index (χ3v) is 5.09. The molecule has 27 heavy (non-hydrogen) atoms. The largest absolute Gasteiger partial charge is 0.369 e. The summed E-state index contributed by atoms with van der Waals surface area (Å²) in [6, 6.07) is 8.55. The highest BCUT2D eigenvalue weighted by Crippen LogP contribution is 2.20. The van der Waals surface area contributed by atoms with E-state index in [9.17, 15) is 9.59 Å². The van der Waals surface area contributed by atoms with E-state index in [1.807, 2.05) is 13.1 Å². The summed E-state index contributed by atoms with van der Waals surface area (Å²) in [5, 5.41) is 0. The fraction of sp³-hybridized carbons (Fsp3) is 0.450. The Labute approximate surface area is 159 Å². The van der Waals surface area contributed by atoms with Gasteiger partial charge in [0.05, 0.1) is 5.69 Å². The summed E-state index contributed by atoms with van der Waals surface area (Å²) in [5.74, 6) is 0.539. The Morgan fingerprint density at radius 1 is 1.41 bits per heavy atom. The molecule has 0 spiro atoms. The number of nitrogens with zero attached hydrogens (tertiary/aromatic N) is 3. The number of hydrogen-bond acceptors (Lipinski definition) is 5. The summed E-state index contributed by atoms with van der Waals surface area (Å²) in [5.41, 5.74) is 7.04. The van der Waals surface area contributed by atoms with Gasteiger partial charge in [0.2, 0.25) is 5.95 Å². The molecule has 1 aliphatic rings. The quantitative estimate of drug-likeness (QED) is 0.838. The number of rotatable bonds is 5. The summed E-state index contributed by atoms with van der Waals surface area (Å²) < 4.78 is 0. The molecule has 0 aliphatic carbocycles. The first-order valence-electron chi connectivity index (χ1n) is 9.41. The molecule has 1 fully saturated rings. The second kappa shape index (κ2) is 8.35. The number of hydrogen-bond donors (Lipinski definition) is 2. The topological polar surface area (TPSA) is 95.3 Å². The average molecular weight is 369 g/mol. The second-order valence-corrected chi connectivity index (χ2v) is 7.18. The molecule has 0 saturated carbocycles. The van der Waals surface area contributed by atoms with Crippen molar-refractivity contribution < 1.29 is 4.79 Å². The molecule has 0 unspecified atom stereocenters. The molecule has 144 valence electrons. The van der Waals surface area contributed by atoms with Crippen LogP contribution in [0.1, 0.15) is 30.1 Å². The Morgan fingerprint density at radius 2 is 2.22 bits per heavy atom. The number of nitrogen functional groups attached to an aromatic ring is 1. The van der Waals surface area contributed by atoms with Gasteiger partial charge < -0.3 is 15.5 Å². The van der Waals surface area contributed by atoms with Gasteiger partial charge in [0.25, 0.3) is 11.5 Å². The molecule has 2 heterocycles. The normalized spacial score (nSPS) is 17.6. The van der Waals surface area contributed by atoms with Crippen LogP contribution < -0.4 is 11.3 Å². The maximum atomic E-state index is 12.9. The molecule has 3 rings (SSSR count). The van der Waals surface area contributed by atoms with Gasteiger partial charge in [0, 0.05) is 37.3 Å². The lowest BCUT2D eigenvalue weighted by Crippen LogP contribution is -2.41. The van der Waals surface area contributed by atoms with Crippen molar-refractivity contribution in [2.75, 3.05) is 39.0 Å². The molecular weight excluding hydrogens is 342 g/mol. The molecule has 1 aromatic heterocycles. The first-order valence-corrected chi connectivity index (χ1v) is 9.41. The SMILES string of the molecule is CCN1CCC[C@H](CN(C)C(=O)c2cccc(-c3cc(=O)[nH]c(N)n3)c2)C1. The molecule has 1 aliphatic heterocycles. The van der Waals surface area contributed by atoms with Crippen LogP contribution >= 0.6 is 0 Å². The number of aromatic amines is 1. The van der Waals surface area contributed by atoms with Crippen molar-refractivity contribution in [1.29, 1.82) is 0 Å². The van der Waals surface area contributed by atoms with Gasteiger partial charge in [-0.3, -0.25) is 14.6 Å². The average Bonchev–Trinajstić information content (AvgIpc) is 2.67. The summed E-state index contributed by atoms with van der Waals surface area (Å²) >= 11 is 0. The van der Waals surface area contributed by atoms with Gasteiger partial charge in [-0.25, -0.2) is 4.98 Å². The number of likely N-dealkylation sites (tertiary alicyclic amines) is 1. The zero-order valence-electron chi connectivity index (χ0n) is 15.9. The number of H-pyrrole nitrogens is 1.